The number of benzene rings is 1. The van der Waals surface area contributed by atoms with E-state index in [0.717, 1.165) is 16.8 Å². The second-order valence-corrected chi connectivity index (χ2v) is 5.90. The summed E-state index contributed by atoms with van der Waals surface area (Å²) in [6.45, 7) is 4.10. The monoisotopic (exact) mass is 267 g/mol. The molecule has 0 saturated heterocycles. The van der Waals surface area contributed by atoms with Crippen molar-refractivity contribution in [2.45, 2.75) is 38.6 Å². The lowest BCUT2D eigenvalue weighted by Gasteiger charge is -2.10. The molecule has 1 aliphatic carbocycles. The lowest BCUT2D eigenvalue weighted by Crippen LogP contribution is -2.16. The van der Waals surface area contributed by atoms with Crippen molar-refractivity contribution in [3.63, 3.8) is 0 Å². The van der Waals surface area contributed by atoms with Gasteiger partial charge in [-0.25, -0.2) is 4.98 Å². The molecule has 2 aliphatic rings. The summed E-state index contributed by atoms with van der Waals surface area (Å²) < 4.78 is 2.04. The van der Waals surface area contributed by atoms with Crippen LogP contribution in [0.2, 0.25) is 0 Å². The number of rotatable bonds is 2. The zero-order chi connectivity index (χ0) is 13.9. The highest BCUT2D eigenvalue weighted by Gasteiger charge is 2.28. The van der Waals surface area contributed by atoms with Gasteiger partial charge in [0.25, 0.3) is 5.91 Å². The maximum Gasteiger partial charge on any atom is 0.252 e. The molecule has 4 rings (SSSR count). The van der Waals surface area contributed by atoms with Crippen LogP contribution in [0.3, 0.4) is 0 Å². The van der Waals surface area contributed by atoms with Gasteiger partial charge in [-0.2, -0.15) is 0 Å². The van der Waals surface area contributed by atoms with Gasteiger partial charge in [0.15, 0.2) is 0 Å². The van der Waals surface area contributed by atoms with E-state index < -0.39 is 0 Å². The van der Waals surface area contributed by atoms with E-state index in [1.54, 1.807) is 0 Å². The van der Waals surface area contributed by atoms with Crippen molar-refractivity contribution in [3.05, 3.63) is 47.0 Å². The van der Waals surface area contributed by atoms with Gasteiger partial charge < -0.3 is 9.88 Å². The van der Waals surface area contributed by atoms with Gasteiger partial charge in [0.1, 0.15) is 0 Å². The summed E-state index contributed by atoms with van der Waals surface area (Å²) in [7, 11) is 0. The number of carbonyl (C=O) groups is 1. The van der Waals surface area contributed by atoms with Crippen LogP contribution in [0.15, 0.2) is 24.7 Å². The Morgan fingerprint density at radius 3 is 2.90 bits per heavy atom. The third-order valence-corrected chi connectivity index (χ3v) is 4.30. The number of amides is 1. The third-order valence-electron chi connectivity index (χ3n) is 4.30. The maximum absolute atomic E-state index is 12.0. The van der Waals surface area contributed by atoms with Gasteiger partial charge in [0, 0.05) is 17.7 Å². The molecule has 1 unspecified atom stereocenters. The van der Waals surface area contributed by atoms with Crippen LogP contribution in [0.5, 0.6) is 0 Å². The lowest BCUT2D eigenvalue weighted by atomic mass is 10.0. The topological polar surface area (TPSA) is 46.9 Å². The highest BCUT2D eigenvalue weighted by Crippen LogP contribution is 2.39. The molecule has 102 valence electrons. The van der Waals surface area contributed by atoms with Crippen molar-refractivity contribution >= 4 is 5.91 Å². The van der Waals surface area contributed by atoms with E-state index in [-0.39, 0.29) is 11.9 Å². The highest BCUT2D eigenvalue weighted by molar-refractivity contribution is 5.99. The zero-order valence-corrected chi connectivity index (χ0v) is 11.7. The van der Waals surface area contributed by atoms with Crippen LogP contribution in [0.25, 0.3) is 5.69 Å². The van der Waals surface area contributed by atoms with E-state index in [1.807, 2.05) is 23.9 Å². The minimum atomic E-state index is 0.0243. The molecule has 1 aromatic carbocycles. The summed E-state index contributed by atoms with van der Waals surface area (Å²) in [6, 6.07) is 4.21. The van der Waals surface area contributed by atoms with E-state index in [9.17, 15) is 4.79 Å². The van der Waals surface area contributed by atoms with Crippen molar-refractivity contribution in [1.29, 1.82) is 0 Å². The van der Waals surface area contributed by atoms with Crippen molar-refractivity contribution in [3.8, 4) is 5.69 Å². The molecule has 1 fully saturated rings. The van der Waals surface area contributed by atoms with Crippen LogP contribution in [0.1, 0.15) is 58.9 Å². The van der Waals surface area contributed by atoms with Gasteiger partial charge in [0.2, 0.25) is 0 Å². The van der Waals surface area contributed by atoms with Gasteiger partial charge in [0.05, 0.1) is 23.8 Å². The highest BCUT2D eigenvalue weighted by atomic mass is 16.2. The predicted octanol–water partition coefficient (Wildman–Crippen LogP) is 2.86. The number of aryl methyl sites for hydroxylation is 1. The molecule has 0 spiro atoms. The zero-order valence-electron chi connectivity index (χ0n) is 11.7. The molecule has 0 bridgehead atoms. The first-order chi connectivity index (χ1) is 9.63. The van der Waals surface area contributed by atoms with E-state index in [2.05, 4.69) is 29.5 Å². The fraction of sp³-hybridized carbons (Fsp3) is 0.375. The van der Waals surface area contributed by atoms with Gasteiger partial charge >= 0.3 is 0 Å². The van der Waals surface area contributed by atoms with Crippen LogP contribution in [0.4, 0.5) is 0 Å². The average Bonchev–Trinajstić information content (AvgIpc) is 3.09. The number of nitrogens with zero attached hydrogens (tertiary/aromatic N) is 2. The van der Waals surface area contributed by atoms with Crippen LogP contribution in [0, 0.1) is 6.92 Å². The number of nitrogens with one attached hydrogen (secondary N) is 1. The normalized spacial score (nSPS) is 20.9. The molecule has 20 heavy (non-hydrogen) atoms. The summed E-state index contributed by atoms with van der Waals surface area (Å²) in [5.74, 6) is 0.672. The fourth-order valence-electron chi connectivity index (χ4n) is 2.96. The summed E-state index contributed by atoms with van der Waals surface area (Å²) >= 11 is 0. The summed E-state index contributed by atoms with van der Waals surface area (Å²) in [4.78, 5) is 16.4. The van der Waals surface area contributed by atoms with Crippen molar-refractivity contribution in [1.82, 2.24) is 14.9 Å². The number of carbonyl (C=O) groups excluding carboxylic acids is 1. The number of hydrogen-bond acceptors (Lipinski definition) is 2. The Labute approximate surface area is 117 Å². The summed E-state index contributed by atoms with van der Waals surface area (Å²) in [6.07, 6.45) is 6.46. The van der Waals surface area contributed by atoms with Crippen LogP contribution < -0.4 is 5.32 Å². The van der Waals surface area contributed by atoms with E-state index >= 15 is 0 Å². The minimum Gasteiger partial charge on any atom is -0.345 e. The molecule has 1 aromatic heterocycles. The molecular weight excluding hydrogens is 250 g/mol. The van der Waals surface area contributed by atoms with Gasteiger partial charge in [-0.15, -0.1) is 0 Å². The molecule has 1 amide bonds. The molecule has 1 N–H and O–H groups in total. The van der Waals surface area contributed by atoms with Crippen molar-refractivity contribution < 1.29 is 4.79 Å². The fourth-order valence-corrected chi connectivity index (χ4v) is 2.96. The number of fused-ring (bicyclic) bond motifs is 1. The van der Waals surface area contributed by atoms with Gasteiger partial charge in [-0.05, 0) is 43.9 Å². The van der Waals surface area contributed by atoms with Crippen LogP contribution >= 0.6 is 0 Å². The molecule has 1 aliphatic heterocycles. The molecule has 4 heteroatoms. The molecule has 2 heterocycles. The summed E-state index contributed by atoms with van der Waals surface area (Å²) in [5, 5.41) is 2.96. The predicted molar refractivity (Wildman–Crippen MR) is 76.2 cm³/mol. The Bertz CT molecular complexity index is 713. The first-order valence-corrected chi connectivity index (χ1v) is 7.13. The standard InChI is InChI=1S/C16H17N3O/c1-9-5-12-10(2)18-16(20)13(12)6-15(9)19-7-14(17-8-19)11-3-4-11/h5-8,10-11H,3-4H2,1-2H3,(H,18,20). The number of hydrogen-bond donors (Lipinski definition) is 1. The first kappa shape index (κ1) is 11.7. The Morgan fingerprint density at radius 2 is 2.15 bits per heavy atom. The van der Waals surface area contributed by atoms with E-state index in [4.69, 9.17) is 0 Å². The largest absolute Gasteiger partial charge is 0.345 e. The molecular formula is C16H17N3O. The first-order valence-electron chi connectivity index (χ1n) is 7.13. The molecule has 1 saturated carbocycles. The Balaban J connectivity index is 1.81. The second-order valence-electron chi connectivity index (χ2n) is 5.90. The molecule has 4 nitrogen and oxygen atoms in total. The Morgan fingerprint density at radius 1 is 1.35 bits per heavy atom. The van der Waals surface area contributed by atoms with Gasteiger partial charge in [-0.1, -0.05) is 6.07 Å². The van der Waals surface area contributed by atoms with Crippen LogP contribution in [-0.2, 0) is 0 Å². The van der Waals surface area contributed by atoms with Crippen LogP contribution in [-0.4, -0.2) is 15.5 Å². The summed E-state index contributed by atoms with van der Waals surface area (Å²) in [5.41, 5.74) is 5.28. The Hall–Kier alpha value is -2.10. The average molecular weight is 267 g/mol. The second kappa shape index (κ2) is 3.95. The maximum atomic E-state index is 12.0. The minimum absolute atomic E-state index is 0.0243. The smallest absolute Gasteiger partial charge is 0.252 e. The van der Waals surface area contributed by atoms with Crippen molar-refractivity contribution in [2.75, 3.05) is 0 Å². The molecule has 2 aromatic rings. The third kappa shape index (κ3) is 1.68. The Kier molecular flexibility index (Phi) is 2.31. The van der Waals surface area contributed by atoms with Gasteiger partial charge in [-0.3, -0.25) is 4.79 Å². The van der Waals surface area contributed by atoms with Crippen molar-refractivity contribution in [2.24, 2.45) is 0 Å². The number of aromatic nitrogens is 2. The molecule has 0 radical (unpaired) electrons. The van der Waals surface area contributed by atoms with E-state index in [0.29, 0.717) is 5.92 Å². The quantitative estimate of drug-likeness (QED) is 0.909. The number of imidazole rings is 1. The molecule has 1 atom stereocenters. The lowest BCUT2D eigenvalue weighted by molar-refractivity contribution is 0.0958. The SMILES string of the molecule is Cc1cc2c(cc1-n1cnc(C3CC3)c1)C(=O)NC2C. The van der Waals surface area contributed by atoms with E-state index in [1.165, 1.54) is 24.1 Å².